The number of fused-ring (bicyclic) bond motifs is 1. The molecule has 0 saturated carbocycles. The molecule has 0 bridgehead atoms. The van der Waals surface area contributed by atoms with E-state index in [-0.39, 0.29) is 11.3 Å². The molecule has 2 fully saturated rings. The fourth-order valence-electron chi connectivity index (χ4n) is 4.12. The monoisotopic (exact) mass is 317 g/mol. The Labute approximate surface area is 135 Å². The van der Waals surface area contributed by atoms with Crippen LogP contribution in [0.2, 0.25) is 0 Å². The summed E-state index contributed by atoms with van der Waals surface area (Å²) in [5.41, 5.74) is -0.797. The first-order valence-corrected chi connectivity index (χ1v) is 8.11. The quantitative estimate of drug-likeness (QED) is 0.722. The maximum absolute atomic E-state index is 12.3. The fourth-order valence-corrected chi connectivity index (χ4v) is 4.12. The Kier molecular flexibility index (Phi) is 4.02. The van der Waals surface area contributed by atoms with Crippen LogP contribution in [0.3, 0.4) is 0 Å². The first-order chi connectivity index (χ1) is 11.0. The molecule has 0 aliphatic carbocycles. The molecule has 0 radical (unpaired) electrons. The Hall–Kier alpha value is -2.07. The van der Waals surface area contributed by atoms with Crippen LogP contribution in [0, 0.1) is 17.2 Å². The predicted octanol–water partition coefficient (Wildman–Crippen LogP) is -0.124. The van der Waals surface area contributed by atoms with Crippen molar-refractivity contribution in [2.45, 2.75) is 25.3 Å². The predicted molar refractivity (Wildman–Crippen MR) is 87.6 cm³/mol. The van der Waals surface area contributed by atoms with Crippen LogP contribution in [0.4, 0.5) is 5.82 Å². The van der Waals surface area contributed by atoms with Gasteiger partial charge in [0.2, 0.25) is 0 Å². The highest BCUT2D eigenvalue weighted by Gasteiger charge is 2.37. The van der Waals surface area contributed by atoms with Crippen molar-refractivity contribution in [1.82, 2.24) is 14.0 Å². The number of hydrogen-bond acceptors (Lipinski definition) is 5. The highest BCUT2D eigenvalue weighted by atomic mass is 16.2. The highest BCUT2D eigenvalue weighted by molar-refractivity contribution is 5.54. The summed E-state index contributed by atoms with van der Waals surface area (Å²) in [4.78, 5) is 29.1. The first kappa shape index (κ1) is 15.8. The minimum Gasteiger partial charge on any atom is -0.353 e. The van der Waals surface area contributed by atoms with Gasteiger partial charge in [-0.25, -0.2) is 4.79 Å². The maximum atomic E-state index is 12.3. The van der Waals surface area contributed by atoms with E-state index < -0.39 is 5.56 Å². The van der Waals surface area contributed by atoms with Crippen molar-refractivity contribution in [2.24, 2.45) is 20.0 Å². The van der Waals surface area contributed by atoms with Crippen LogP contribution < -0.4 is 16.1 Å². The Morgan fingerprint density at radius 1 is 1.09 bits per heavy atom. The van der Waals surface area contributed by atoms with Gasteiger partial charge in [0.25, 0.3) is 5.56 Å². The van der Waals surface area contributed by atoms with E-state index in [1.54, 1.807) is 7.05 Å². The smallest absolute Gasteiger partial charge is 0.332 e. The zero-order valence-electron chi connectivity index (χ0n) is 13.9. The number of rotatable bonds is 1. The molecule has 0 spiro atoms. The SMILES string of the molecule is CN1CC[C@@H]2[C@H](CCCN2c2c(C#N)c(=O)n(C)c(=O)n2C)C1. The summed E-state index contributed by atoms with van der Waals surface area (Å²) in [6, 6.07) is 2.33. The second kappa shape index (κ2) is 5.85. The van der Waals surface area contributed by atoms with Crippen molar-refractivity contribution in [2.75, 3.05) is 31.6 Å². The maximum Gasteiger partial charge on any atom is 0.332 e. The summed E-state index contributed by atoms with van der Waals surface area (Å²) >= 11 is 0. The molecule has 2 atom stereocenters. The second-order valence-corrected chi connectivity index (χ2v) is 6.73. The first-order valence-electron chi connectivity index (χ1n) is 8.11. The lowest BCUT2D eigenvalue weighted by Gasteiger charge is -2.47. The summed E-state index contributed by atoms with van der Waals surface area (Å²) < 4.78 is 2.47. The molecule has 3 heterocycles. The van der Waals surface area contributed by atoms with E-state index in [9.17, 15) is 14.9 Å². The summed E-state index contributed by atoms with van der Waals surface area (Å²) in [6.07, 6.45) is 3.17. The number of nitrogens with zero attached hydrogens (tertiary/aromatic N) is 5. The van der Waals surface area contributed by atoms with Gasteiger partial charge < -0.3 is 9.80 Å². The van der Waals surface area contributed by atoms with Crippen molar-refractivity contribution >= 4 is 5.82 Å². The van der Waals surface area contributed by atoms with Gasteiger partial charge in [0, 0.05) is 33.2 Å². The van der Waals surface area contributed by atoms with E-state index in [1.165, 1.54) is 11.6 Å². The van der Waals surface area contributed by atoms with Gasteiger partial charge in [0.05, 0.1) is 0 Å². The molecule has 0 unspecified atom stereocenters. The van der Waals surface area contributed by atoms with E-state index in [2.05, 4.69) is 16.8 Å². The number of hydrogen-bond donors (Lipinski definition) is 0. The summed E-state index contributed by atoms with van der Waals surface area (Å²) in [6.45, 7) is 2.82. The zero-order valence-corrected chi connectivity index (χ0v) is 13.9. The molecule has 2 saturated heterocycles. The lowest BCUT2D eigenvalue weighted by atomic mass is 9.84. The van der Waals surface area contributed by atoms with Crippen LogP contribution in [0.1, 0.15) is 24.8 Å². The number of piperidine rings is 2. The molecule has 3 rings (SSSR count). The molecule has 0 aromatic carbocycles. The van der Waals surface area contributed by atoms with Crippen molar-refractivity contribution in [3.63, 3.8) is 0 Å². The molecule has 0 amide bonds. The van der Waals surface area contributed by atoms with Crippen LogP contribution in [0.25, 0.3) is 0 Å². The van der Waals surface area contributed by atoms with Gasteiger partial charge in [0.1, 0.15) is 11.9 Å². The number of likely N-dealkylation sites (tertiary alicyclic amines) is 1. The molecule has 1 aromatic rings. The number of anilines is 1. The van der Waals surface area contributed by atoms with Crippen molar-refractivity contribution in [3.8, 4) is 6.07 Å². The lowest BCUT2D eigenvalue weighted by molar-refractivity contribution is 0.153. The Morgan fingerprint density at radius 2 is 1.83 bits per heavy atom. The highest BCUT2D eigenvalue weighted by Crippen LogP contribution is 2.33. The van der Waals surface area contributed by atoms with Crippen LogP contribution in [-0.2, 0) is 14.1 Å². The topological polar surface area (TPSA) is 74.3 Å². The third-order valence-corrected chi connectivity index (χ3v) is 5.29. The average molecular weight is 317 g/mol. The fraction of sp³-hybridized carbons (Fsp3) is 0.688. The van der Waals surface area contributed by atoms with E-state index in [4.69, 9.17) is 0 Å². The van der Waals surface area contributed by atoms with Crippen molar-refractivity contribution in [3.05, 3.63) is 26.4 Å². The standard InChI is InChI=1S/C16H23N5O2/c1-18-8-6-13-11(10-18)5-4-7-21(13)14-12(9-17)15(22)20(3)16(23)19(14)2/h11,13H,4-8,10H2,1-3H3/t11-,13-/m1/s1. The normalized spacial score (nSPS) is 25.0. The Bertz CT molecular complexity index is 772. The third kappa shape index (κ3) is 2.47. The van der Waals surface area contributed by atoms with Crippen LogP contribution in [0.5, 0.6) is 0 Å². The van der Waals surface area contributed by atoms with Crippen molar-refractivity contribution < 1.29 is 0 Å². The van der Waals surface area contributed by atoms with Gasteiger partial charge in [-0.1, -0.05) is 0 Å². The molecule has 7 nitrogen and oxygen atoms in total. The largest absolute Gasteiger partial charge is 0.353 e. The van der Waals surface area contributed by atoms with Gasteiger partial charge in [-0.15, -0.1) is 0 Å². The van der Waals surface area contributed by atoms with Gasteiger partial charge in [-0.05, 0) is 38.8 Å². The molecule has 1 aromatic heterocycles. The van der Waals surface area contributed by atoms with E-state index >= 15 is 0 Å². The van der Waals surface area contributed by atoms with Crippen molar-refractivity contribution in [1.29, 1.82) is 5.26 Å². The Balaban J connectivity index is 2.13. The second-order valence-electron chi connectivity index (χ2n) is 6.73. The zero-order chi connectivity index (χ0) is 16.7. The Morgan fingerprint density at radius 3 is 2.52 bits per heavy atom. The molecule has 2 aliphatic heterocycles. The molecular formula is C16H23N5O2. The van der Waals surface area contributed by atoms with Gasteiger partial charge in [0.15, 0.2) is 5.56 Å². The minimum absolute atomic E-state index is 0.0779. The molecule has 7 heteroatoms. The third-order valence-electron chi connectivity index (χ3n) is 5.29. The van der Waals surface area contributed by atoms with Crippen LogP contribution in [-0.4, -0.2) is 46.8 Å². The molecular weight excluding hydrogens is 294 g/mol. The van der Waals surface area contributed by atoms with Gasteiger partial charge in [-0.3, -0.25) is 13.9 Å². The average Bonchev–Trinajstić information content (AvgIpc) is 2.55. The van der Waals surface area contributed by atoms with Crippen LogP contribution >= 0.6 is 0 Å². The molecule has 0 N–H and O–H groups in total. The van der Waals surface area contributed by atoms with Gasteiger partial charge >= 0.3 is 5.69 Å². The number of aromatic nitrogens is 2. The van der Waals surface area contributed by atoms with Crippen LogP contribution in [0.15, 0.2) is 9.59 Å². The summed E-state index contributed by atoms with van der Waals surface area (Å²) in [5.74, 6) is 1.02. The minimum atomic E-state index is -0.499. The van der Waals surface area contributed by atoms with E-state index in [1.807, 2.05) is 6.07 Å². The summed E-state index contributed by atoms with van der Waals surface area (Å²) in [7, 11) is 5.20. The van der Waals surface area contributed by atoms with E-state index in [0.29, 0.717) is 17.8 Å². The number of nitriles is 1. The molecule has 23 heavy (non-hydrogen) atoms. The summed E-state index contributed by atoms with van der Waals surface area (Å²) in [5, 5.41) is 9.49. The van der Waals surface area contributed by atoms with Gasteiger partial charge in [-0.2, -0.15) is 5.26 Å². The molecule has 124 valence electrons. The lowest BCUT2D eigenvalue weighted by Crippen LogP contribution is -2.55. The molecule has 2 aliphatic rings. The van der Waals surface area contributed by atoms with E-state index in [0.717, 1.165) is 43.5 Å².